The van der Waals surface area contributed by atoms with Gasteiger partial charge in [0.15, 0.2) is 0 Å². The number of hydrogen-bond donors (Lipinski definition) is 2. The van der Waals surface area contributed by atoms with Crippen molar-refractivity contribution >= 4 is 21.8 Å². The summed E-state index contributed by atoms with van der Waals surface area (Å²) in [5.41, 5.74) is 7.85. The quantitative estimate of drug-likeness (QED) is 0.536. The van der Waals surface area contributed by atoms with Gasteiger partial charge in [-0.1, -0.05) is 12.1 Å². The van der Waals surface area contributed by atoms with E-state index in [9.17, 15) is 18.4 Å². The van der Waals surface area contributed by atoms with Gasteiger partial charge < -0.3 is 15.5 Å². The van der Waals surface area contributed by atoms with Crippen LogP contribution in [0.2, 0.25) is 0 Å². The van der Waals surface area contributed by atoms with E-state index in [0.717, 1.165) is 23.3 Å². The molecule has 0 bridgehead atoms. The molecule has 1 amide bonds. The van der Waals surface area contributed by atoms with Crippen molar-refractivity contribution in [3.05, 3.63) is 96.9 Å². The average molecular weight is 477 g/mol. The van der Waals surface area contributed by atoms with Crippen molar-refractivity contribution in [2.45, 2.75) is 26.4 Å². The lowest BCUT2D eigenvalue weighted by molar-refractivity contribution is 0.100. The molecular formula is C22H19BrF2N2O3. The molecule has 0 aliphatic rings. The molecule has 3 rings (SSSR count). The SMILES string of the molecule is Cc1[nH]c(=O)c(Br)c(OCc2ccc(F)cc2F)c1CCc1ccc(C(N)=O)cc1. The fraction of sp³-hybridized carbons (Fsp3) is 0.182. The zero-order chi connectivity index (χ0) is 21.8. The van der Waals surface area contributed by atoms with Gasteiger partial charge in [0.25, 0.3) is 5.56 Å². The lowest BCUT2D eigenvalue weighted by Gasteiger charge is -2.16. The molecule has 0 saturated heterocycles. The molecule has 0 atom stereocenters. The minimum absolute atomic E-state index is 0.159. The molecule has 156 valence electrons. The number of nitrogens with one attached hydrogen (secondary N) is 1. The third kappa shape index (κ3) is 4.94. The fourth-order valence-electron chi connectivity index (χ4n) is 3.05. The van der Waals surface area contributed by atoms with Gasteiger partial charge in [-0.15, -0.1) is 0 Å². The van der Waals surface area contributed by atoms with Crippen molar-refractivity contribution < 1.29 is 18.3 Å². The van der Waals surface area contributed by atoms with Gasteiger partial charge in [-0.25, -0.2) is 8.78 Å². The summed E-state index contributed by atoms with van der Waals surface area (Å²) in [4.78, 5) is 26.1. The summed E-state index contributed by atoms with van der Waals surface area (Å²) in [6.45, 7) is 1.60. The number of aromatic nitrogens is 1. The average Bonchev–Trinajstić information content (AvgIpc) is 2.70. The highest BCUT2D eigenvalue weighted by Gasteiger charge is 2.17. The van der Waals surface area contributed by atoms with E-state index < -0.39 is 17.5 Å². The highest BCUT2D eigenvalue weighted by Crippen LogP contribution is 2.30. The molecule has 30 heavy (non-hydrogen) atoms. The van der Waals surface area contributed by atoms with Gasteiger partial charge in [0, 0.05) is 28.5 Å². The van der Waals surface area contributed by atoms with Crippen molar-refractivity contribution in [3.63, 3.8) is 0 Å². The third-order valence-corrected chi connectivity index (χ3v) is 5.44. The maximum atomic E-state index is 13.9. The van der Waals surface area contributed by atoms with Crippen LogP contribution in [0.1, 0.15) is 32.7 Å². The van der Waals surface area contributed by atoms with Gasteiger partial charge in [0.2, 0.25) is 5.91 Å². The smallest absolute Gasteiger partial charge is 0.266 e. The Bertz CT molecular complexity index is 1140. The second-order valence-corrected chi connectivity index (χ2v) is 7.58. The number of pyridine rings is 1. The summed E-state index contributed by atoms with van der Waals surface area (Å²) in [6.07, 6.45) is 1.14. The largest absolute Gasteiger partial charge is 0.487 e. The summed E-state index contributed by atoms with van der Waals surface area (Å²) < 4.78 is 33.0. The maximum absolute atomic E-state index is 13.9. The molecule has 8 heteroatoms. The van der Waals surface area contributed by atoms with Crippen LogP contribution in [0.3, 0.4) is 0 Å². The van der Waals surface area contributed by atoms with E-state index in [-0.39, 0.29) is 22.2 Å². The van der Waals surface area contributed by atoms with Crippen molar-refractivity contribution in [2.75, 3.05) is 0 Å². The van der Waals surface area contributed by atoms with Gasteiger partial charge in [-0.3, -0.25) is 9.59 Å². The Kier molecular flexibility index (Phi) is 6.66. The Labute approximate surface area is 180 Å². The zero-order valence-corrected chi connectivity index (χ0v) is 17.7. The van der Waals surface area contributed by atoms with Crippen LogP contribution in [0.25, 0.3) is 0 Å². The standard InChI is InChI=1S/C22H19BrF2N2O3/c1-12-17(9-4-13-2-5-14(6-3-13)21(26)28)20(19(23)22(29)27-12)30-11-15-7-8-16(24)10-18(15)25/h2-3,5-8,10H,4,9,11H2,1H3,(H2,26,28)(H,27,29). The number of hydrogen-bond acceptors (Lipinski definition) is 3. The topological polar surface area (TPSA) is 85.2 Å². The van der Waals surface area contributed by atoms with E-state index in [1.807, 2.05) is 12.1 Å². The monoisotopic (exact) mass is 476 g/mol. The Hall–Kier alpha value is -3.00. The first kappa shape index (κ1) is 21.7. The van der Waals surface area contributed by atoms with Crippen LogP contribution in [-0.4, -0.2) is 10.9 Å². The number of nitrogens with two attached hydrogens (primary N) is 1. The molecule has 0 unspecified atom stereocenters. The van der Waals surface area contributed by atoms with Crippen LogP contribution in [0.4, 0.5) is 8.78 Å². The Morgan fingerprint density at radius 3 is 2.47 bits per heavy atom. The summed E-state index contributed by atoms with van der Waals surface area (Å²) in [5, 5.41) is 0. The number of aryl methyl sites for hydroxylation is 2. The Morgan fingerprint density at radius 1 is 1.13 bits per heavy atom. The van der Waals surface area contributed by atoms with Crippen LogP contribution in [0.15, 0.2) is 51.7 Å². The predicted octanol–water partition coefficient (Wildman–Crippen LogP) is 4.19. The highest BCUT2D eigenvalue weighted by molar-refractivity contribution is 9.10. The second-order valence-electron chi connectivity index (χ2n) is 6.79. The number of aromatic amines is 1. The van der Waals surface area contributed by atoms with Crippen molar-refractivity contribution in [2.24, 2.45) is 5.73 Å². The van der Waals surface area contributed by atoms with Crippen LogP contribution < -0.4 is 16.0 Å². The van der Waals surface area contributed by atoms with Gasteiger partial charge in [0.1, 0.15) is 28.5 Å². The minimum atomic E-state index is -0.719. The number of ether oxygens (including phenoxy) is 1. The number of rotatable bonds is 7. The van der Waals surface area contributed by atoms with Crippen molar-refractivity contribution in [3.8, 4) is 5.75 Å². The number of benzene rings is 2. The van der Waals surface area contributed by atoms with Gasteiger partial charge >= 0.3 is 0 Å². The molecule has 2 aromatic carbocycles. The van der Waals surface area contributed by atoms with Crippen molar-refractivity contribution in [1.29, 1.82) is 0 Å². The number of H-pyrrole nitrogens is 1. The molecule has 5 nitrogen and oxygen atoms in total. The molecule has 1 heterocycles. The van der Waals surface area contributed by atoms with Crippen LogP contribution in [0.5, 0.6) is 5.75 Å². The molecule has 0 saturated carbocycles. The second kappa shape index (κ2) is 9.21. The fourth-order valence-corrected chi connectivity index (χ4v) is 3.50. The zero-order valence-electron chi connectivity index (χ0n) is 16.1. The van der Waals surface area contributed by atoms with Gasteiger partial charge in [-0.05, 0) is 65.5 Å². The van der Waals surface area contributed by atoms with Crippen molar-refractivity contribution in [1.82, 2.24) is 4.98 Å². The predicted molar refractivity (Wildman–Crippen MR) is 113 cm³/mol. The molecule has 1 aromatic heterocycles. The summed E-state index contributed by atoms with van der Waals surface area (Å²) in [5.74, 6) is -1.57. The molecule has 3 aromatic rings. The first-order valence-electron chi connectivity index (χ1n) is 9.13. The summed E-state index contributed by atoms with van der Waals surface area (Å²) in [6, 6.07) is 10.2. The Balaban J connectivity index is 1.84. The van der Waals surface area contributed by atoms with E-state index in [2.05, 4.69) is 20.9 Å². The van der Waals surface area contributed by atoms with E-state index in [0.29, 0.717) is 29.8 Å². The molecule has 0 fully saturated rings. The number of halogens is 3. The number of carbonyl (C=O) groups excluding carboxylic acids is 1. The van der Waals surface area contributed by atoms with Crippen LogP contribution >= 0.6 is 15.9 Å². The molecule has 3 N–H and O–H groups in total. The molecular weight excluding hydrogens is 458 g/mol. The maximum Gasteiger partial charge on any atom is 0.266 e. The van der Waals surface area contributed by atoms with E-state index in [4.69, 9.17) is 10.5 Å². The van der Waals surface area contributed by atoms with Crippen LogP contribution in [0, 0.1) is 18.6 Å². The first-order chi connectivity index (χ1) is 14.3. The normalized spacial score (nSPS) is 10.8. The lowest BCUT2D eigenvalue weighted by atomic mass is 10.0. The Morgan fingerprint density at radius 2 is 1.83 bits per heavy atom. The van der Waals surface area contributed by atoms with E-state index in [1.165, 1.54) is 6.07 Å². The molecule has 0 aliphatic heterocycles. The van der Waals surface area contributed by atoms with Gasteiger partial charge in [0.05, 0.1) is 0 Å². The number of primary amides is 1. The molecule has 0 radical (unpaired) electrons. The summed E-state index contributed by atoms with van der Waals surface area (Å²) in [7, 11) is 0. The number of carbonyl (C=O) groups is 1. The molecule has 0 spiro atoms. The highest BCUT2D eigenvalue weighted by atomic mass is 79.9. The lowest BCUT2D eigenvalue weighted by Crippen LogP contribution is -2.15. The van der Waals surface area contributed by atoms with Crippen LogP contribution in [-0.2, 0) is 19.4 Å². The molecule has 0 aliphatic carbocycles. The minimum Gasteiger partial charge on any atom is -0.487 e. The van der Waals surface area contributed by atoms with Gasteiger partial charge in [-0.2, -0.15) is 0 Å². The van der Waals surface area contributed by atoms with E-state index >= 15 is 0 Å². The third-order valence-electron chi connectivity index (χ3n) is 4.72. The first-order valence-corrected chi connectivity index (χ1v) is 9.92. The summed E-state index contributed by atoms with van der Waals surface area (Å²) >= 11 is 3.25. The number of amides is 1. The van der Waals surface area contributed by atoms with E-state index in [1.54, 1.807) is 19.1 Å².